The fourth-order valence-corrected chi connectivity index (χ4v) is 2.55. The number of carboxylic acids is 1. The molecule has 0 saturated heterocycles. The number of benzene rings is 1. The number of carboxylic acid groups (broad SMARTS) is 1. The largest absolute Gasteiger partial charge is 0.480 e. The molecule has 1 aromatic carbocycles. The number of carbonyl (C=O) groups excluding carboxylic acids is 1. The van der Waals surface area contributed by atoms with Crippen molar-refractivity contribution in [3.8, 4) is 11.3 Å². The smallest absolute Gasteiger partial charge is 0.326 e. The van der Waals surface area contributed by atoms with Crippen LogP contribution in [0.3, 0.4) is 0 Å². The normalized spacial score (nSPS) is 11.9. The van der Waals surface area contributed by atoms with Crippen LogP contribution in [0.5, 0.6) is 0 Å². The zero-order valence-electron chi connectivity index (χ0n) is 13.9. The predicted octanol–water partition coefficient (Wildman–Crippen LogP) is 3.37. The molecule has 0 aliphatic rings. The molecule has 3 N–H and O–H groups in total. The first-order valence-corrected chi connectivity index (χ1v) is 8.35. The highest BCUT2D eigenvalue weighted by Gasteiger charge is 2.19. The van der Waals surface area contributed by atoms with Gasteiger partial charge in [0.25, 0.3) is 0 Å². The highest BCUT2D eigenvalue weighted by atomic mass is 16.4. The van der Waals surface area contributed by atoms with Crippen LogP contribution in [-0.4, -0.2) is 28.0 Å². The molecular weight excluding hydrogens is 304 g/mol. The number of hydrogen-bond acceptors (Lipinski definition) is 2. The Bertz CT molecular complexity index is 664. The Morgan fingerprint density at radius 1 is 1.17 bits per heavy atom. The Kier molecular flexibility index (Phi) is 6.61. The maximum atomic E-state index is 12.0. The fraction of sp³-hybridized carbons (Fsp3) is 0.368. The van der Waals surface area contributed by atoms with Gasteiger partial charge in [-0.1, -0.05) is 50.1 Å². The molecule has 1 amide bonds. The van der Waals surface area contributed by atoms with E-state index in [1.165, 1.54) is 0 Å². The molecule has 1 unspecified atom stereocenters. The Hall–Kier alpha value is -2.56. The van der Waals surface area contributed by atoms with E-state index in [2.05, 4.69) is 10.3 Å². The van der Waals surface area contributed by atoms with E-state index in [4.69, 9.17) is 5.11 Å². The quantitative estimate of drug-likeness (QED) is 0.660. The molecule has 128 valence electrons. The van der Waals surface area contributed by atoms with E-state index in [9.17, 15) is 9.59 Å². The third-order valence-corrected chi connectivity index (χ3v) is 3.93. The van der Waals surface area contributed by atoms with Gasteiger partial charge in [-0.25, -0.2) is 4.79 Å². The lowest BCUT2D eigenvalue weighted by atomic mass is 10.1. The predicted molar refractivity (Wildman–Crippen MR) is 93.6 cm³/mol. The first-order chi connectivity index (χ1) is 11.6. The fourth-order valence-electron chi connectivity index (χ4n) is 2.55. The molecule has 0 radical (unpaired) electrons. The number of carbonyl (C=O) groups is 2. The highest BCUT2D eigenvalue weighted by molar-refractivity contribution is 5.83. The molecule has 0 saturated carbocycles. The third kappa shape index (κ3) is 5.26. The van der Waals surface area contributed by atoms with Crippen molar-refractivity contribution < 1.29 is 14.7 Å². The van der Waals surface area contributed by atoms with Crippen LogP contribution in [0.1, 0.15) is 38.3 Å². The Morgan fingerprint density at radius 2 is 1.92 bits per heavy atom. The molecule has 0 spiro atoms. The van der Waals surface area contributed by atoms with Gasteiger partial charge in [0.15, 0.2) is 0 Å². The van der Waals surface area contributed by atoms with E-state index < -0.39 is 12.0 Å². The van der Waals surface area contributed by atoms with Crippen molar-refractivity contribution in [3.05, 3.63) is 48.2 Å². The van der Waals surface area contributed by atoms with E-state index >= 15 is 0 Å². The van der Waals surface area contributed by atoms with Crippen molar-refractivity contribution >= 4 is 11.9 Å². The highest BCUT2D eigenvalue weighted by Crippen LogP contribution is 2.18. The van der Waals surface area contributed by atoms with Gasteiger partial charge in [-0.2, -0.15) is 0 Å². The SMILES string of the molecule is CCCCC(NC(=O)CCc1ccc(-c2ccccc2)[nH]1)C(=O)O. The average Bonchev–Trinajstić information content (AvgIpc) is 3.06. The molecule has 24 heavy (non-hydrogen) atoms. The van der Waals surface area contributed by atoms with Crippen molar-refractivity contribution in [3.63, 3.8) is 0 Å². The summed E-state index contributed by atoms with van der Waals surface area (Å²) in [4.78, 5) is 26.4. The number of unbranched alkanes of at least 4 members (excludes halogenated alkanes) is 1. The zero-order chi connectivity index (χ0) is 17.4. The monoisotopic (exact) mass is 328 g/mol. The molecule has 2 rings (SSSR count). The average molecular weight is 328 g/mol. The number of H-pyrrole nitrogens is 1. The zero-order valence-corrected chi connectivity index (χ0v) is 13.9. The molecule has 5 heteroatoms. The van der Waals surface area contributed by atoms with E-state index in [-0.39, 0.29) is 12.3 Å². The van der Waals surface area contributed by atoms with Gasteiger partial charge in [0.05, 0.1) is 0 Å². The standard InChI is InChI=1S/C19H24N2O3/c1-2-3-9-17(19(23)24)21-18(22)13-11-15-10-12-16(20-15)14-7-5-4-6-8-14/h4-8,10,12,17,20H,2-3,9,11,13H2,1H3,(H,21,22)(H,23,24). The number of amides is 1. The summed E-state index contributed by atoms with van der Waals surface area (Å²) in [6.07, 6.45) is 2.99. The second-order valence-corrected chi connectivity index (χ2v) is 5.86. The van der Waals surface area contributed by atoms with Crippen molar-refractivity contribution in [2.24, 2.45) is 0 Å². The molecule has 0 aliphatic carbocycles. The van der Waals surface area contributed by atoms with Crippen LogP contribution in [0.4, 0.5) is 0 Å². The molecule has 0 fully saturated rings. The minimum Gasteiger partial charge on any atom is -0.480 e. The van der Waals surface area contributed by atoms with E-state index in [0.717, 1.165) is 29.8 Å². The minimum absolute atomic E-state index is 0.227. The lowest BCUT2D eigenvalue weighted by Crippen LogP contribution is -2.40. The van der Waals surface area contributed by atoms with Gasteiger partial charge in [-0.15, -0.1) is 0 Å². The van der Waals surface area contributed by atoms with Gasteiger partial charge >= 0.3 is 5.97 Å². The van der Waals surface area contributed by atoms with Crippen LogP contribution in [0.2, 0.25) is 0 Å². The number of hydrogen-bond donors (Lipinski definition) is 3. The van der Waals surface area contributed by atoms with Crippen molar-refractivity contribution in [1.82, 2.24) is 10.3 Å². The molecule has 0 aliphatic heterocycles. The summed E-state index contributed by atoms with van der Waals surface area (Å²) in [6.45, 7) is 2.00. The van der Waals surface area contributed by atoms with Crippen LogP contribution < -0.4 is 5.32 Å². The van der Waals surface area contributed by atoms with Crippen LogP contribution in [0.25, 0.3) is 11.3 Å². The van der Waals surface area contributed by atoms with Gasteiger partial charge in [0.1, 0.15) is 6.04 Å². The number of aromatic nitrogens is 1. The van der Waals surface area contributed by atoms with Crippen LogP contribution >= 0.6 is 0 Å². The van der Waals surface area contributed by atoms with Crippen LogP contribution in [-0.2, 0) is 16.0 Å². The van der Waals surface area contributed by atoms with Crippen molar-refractivity contribution in [1.29, 1.82) is 0 Å². The van der Waals surface area contributed by atoms with Gasteiger partial charge < -0.3 is 15.4 Å². The van der Waals surface area contributed by atoms with Crippen molar-refractivity contribution in [2.75, 3.05) is 0 Å². The number of rotatable bonds is 9. The summed E-state index contributed by atoms with van der Waals surface area (Å²) in [6, 6.07) is 13.1. The molecule has 0 bridgehead atoms. The summed E-state index contributed by atoms with van der Waals surface area (Å²) in [7, 11) is 0. The lowest BCUT2D eigenvalue weighted by Gasteiger charge is -2.13. The second-order valence-electron chi connectivity index (χ2n) is 5.86. The van der Waals surface area contributed by atoms with Gasteiger partial charge in [-0.05, 0) is 30.5 Å². The first-order valence-electron chi connectivity index (χ1n) is 8.35. The maximum Gasteiger partial charge on any atom is 0.326 e. The Morgan fingerprint density at radius 3 is 2.58 bits per heavy atom. The molecule has 1 atom stereocenters. The first kappa shape index (κ1) is 17.8. The summed E-state index contributed by atoms with van der Waals surface area (Å²) >= 11 is 0. The lowest BCUT2D eigenvalue weighted by molar-refractivity contribution is -0.142. The topological polar surface area (TPSA) is 82.2 Å². The van der Waals surface area contributed by atoms with Crippen LogP contribution in [0.15, 0.2) is 42.5 Å². The summed E-state index contributed by atoms with van der Waals surface area (Å²) in [5.74, 6) is -1.20. The van der Waals surface area contributed by atoms with Gasteiger partial charge in [-0.3, -0.25) is 4.79 Å². The van der Waals surface area contributed by atoms with Gasteiger partial charge in [0.2, 0.25) is 5.91 Å². The van der Waals surface area contributed by atoms with Crippen molar-refractivity contribution in [2.45, 2.75) is 45.1 Å². The molecular formula is C19H24N2O3. The van der Waals surface area contributed by atoms with Gasteiger partial charge in [0, 0.05) is 17.8 Å². The Labute approximate surface area is 142 Å². The van der Waals surface area contributed by atoms with E-state index in [1.54, 1.807) is 0 Å². The summed E-state index contributed by atoms with van der Waals surface area (Å²) in [5.41, 5.74) is 3.07. The number of aromatic amines is 1. The maximum absolute atomic E-state index is 12.0. The number of aliphatic carboxylic acids is 1. The third-order valence-electron chi connectivity index (χ3n) is 3.93. The minimum atomic E-state index is -0.969. The van der Waals surface area contributed by atoms with Crippen LogP contribution in [0, 0.1) is 0 Å². The summed E-state index contributed by atoms with van der Waals surface area (Å²) < 4.78 is 0. The van der Waals surface area contributed by atoms with E-state index in [1.807, 2.05) is 49.4 Å². The molecule has 5 nitrogen and oxygen atoms in total. The summed E-state index contributed by atoms with van der Waals surface area (Å²) in [5, 5.41) is 11.8. The molecule has 1 aromatic heterocycles. The van der Waals surface area contributed by atoms with E-state index in [0.29, 0.717) is 12.8 Å². The number of nitrogens with one attached hydrogen (secondary N) is 2. The number of aryl methyl sites for hydroxylation is 1. The molecule has 2 aromatic rings. The second kappa shape index (κ2) is 8.91. The molecule has 1 heterocycles. The Balaban J connectivity index is 1.85.